The Bertz CT molecular complexity index is 693. The average Bonchev–Trinajstić information content (AvgIpc) is 2.55. The van der Waals surface area contributed by atoms with E-state index in [9.17, 15) is 0 Å². The summed E-state index contributed by atoms with van der Waals surface area (Å²) in [6.07, 6.45) is 9.26. The summed E-state index contributed by atoms with van der Waals surface area (Å²) in [5.41, 5.74) is 6.22. The number of benzene rings is 1. The molecular weight excluding hydrogens is 460 g/mol. The van der Waals surface area contributed by atoms with Gasteiger partial charge in [-0.2, -0.15) is 0 Å². The van der Waals surface area contributed by atoms with Gasteiger partial charge in [-0.05, 0) is 18.8 Å². The number of aromatic nitrogens is 2. The normalized spacial score (nSPS) is 22.4. The van der Waals surface area contributed by atoms with Gasteiger partial charge in [0.1, 0.15) is 0 Å². The molecule has 1 saturated carbocycles. The van der Waals surface area contributed by atoms with E-state index in [2.05, 4.69) is 48.9 Å². The predicted molar refractivity (Wildman–Crippen MR) is 89.0 cm³/mol. The van der Waals surface area contributed by atoms with Crippen molar-refractivity contribution in [3.8, 4) is 11.3 Å². The van der Waals surface area contributed by atoms with Crippen molar-refractivity contribution in [1.82, 2.24) is 9.97 Å². The minimum atomic E-state index is 0. The third-order valence-electron chi connectivity index (χ3n) is 5.32. The van der Waals surface area contributed by atoms with Crippen LogP contribution in [0, 0.1) is 6.07 Å². The molecule has 1 aromatic carbocycles. The van der Waals surface area contributed by atoms with Crippen LogP contribution in [0.25, 0.3) is 11.3 Å². The molecule has 0 N–H and O–H groups in total. The Morgan fingerprint density at radius 2 is 1.61 bits per heavy atom. The Labute approximate surface area is 152 Å². The molecule has 1 fully saturated rings. The average molecular weight is 484 g/mol. The summed E-state index contributed by atoms with van der Waals surface area (Å²) in [6, 6.07) is 8.00. The zero-order chi connectivity index (χ0) is 15.3. The van der Waals surface area contributed by atoms with Crippen molar-refractivity contribution >= 4 is 0 Å². The van der Waals surface area contributed by atoms with E-state index in [-0.39, 0.29) is 25.5 Å². The molecule has 0 atom stereocenters. The van der Waals surface area contributed by atoms with Crippen molar-refractivity contribution in [2.45, 2.75) is 63.7 Å². The van der Waals surface area contributed by atoms with Gasteiger partial charge in [0.15, 0.2) is 0 Å². The van der Waals surface area contributed by atoms with Crippen LogP contribution in [0.4, 0.5) is 0 Å². The monoisotopic (exact) mass is 484 g/mol. The summed E-state index contributed by atoms with van der Waals surface area (Å²) in [5, 5.41) is 0. The number of nitrogens with zero attached hydrogens (tertiary/aromatic N) is 2. The number of fused-ring (bicyclic) bond motifs is 2. The van der Waals surface area contributed by atoms with Gasteiger partial charge >= 0.3 is 0 Å². The molecule has 1 radical (unpaired) electrons. The van der Waals surface area contributed by atoms with E-state index in [1.54, 1.807) is 11.1 Å². The largest absolute Gasteiger partial charge is 0.301 e. The standard InChI is InChI=1S/C20H23N2.Ir/c1-20(2,3)19-12-21-18(11-22-19)15-8-9-16-13-4-6-14(7-5-13)17(16)10-15;/h9-14H,4-7H2,1-3H3;/q-1;. The minimum Gasteiger partial charge on any atom is -0.301 e. The van der Waals surface area contributed by atoms with Crippen molar-refractivity contribution in [3.05, 3.63) is 47.4 Å². The van der Waals surface area contributed by atoms with Gasteiger partial charge in [-0.25, -0.2) is 0 Å². The molecule has 1 heterocycles. The minimum absolute atomic E-state index is 0. The summed E-state index contributed by atoms with van der Waals surface area (Å²) < 4.78 is 0. The van der Waals surface area contributed by atoms with Crippen LogP contribution in [0.3, 0.4) is 0 Å². The molecule has 3 heteroatoms. The van der Waals surface area contributed by atoms with Gasteiger partial charge in [0, 0.05) is 43.6 Å². The summed E-state index contributed by atoms with van der Waals surface area (Å²) in [5.74, 6) is 1.54. The SMILES string of the molecule is CC(C)(C)c1cnc(-c2[c-]cc3c(c2)C2CCC3CC2)cn1.[Ir]. The molecule has 2 nitrogen and oxygen atoms in total. The van der Waals surface area contributed by atoms with Crippen LogP contribution in [-0.4, -0.2) is 9.97 Å². The van der Waals surface area contributed by atoms with E-state index >= 15 is 0 Å². The Balaban J connectivity index is 0.00000156. The van der Waals surface area contributed by atoms with E-state index in [4.69, 9.17) is 0 Å². The summed E-state index contributed by atoms with van der Waals surface area (Å²) in [6.45, 7) is 6.50. The van der Waals surface area contributed by atoms with Crippen molar-refractivity contribution in [3.63, 3.8) is 0 Å². The molecule has 0 amide bonds. The third kappa shape index (κ3) is 3.02. The van der Waals surface area contributed by atoms with Crippen LogP contribution in [0.5, 0.6) is 0 Å². The van der Waals surface area contributed by atoms with Crippen LogP contribution >= 0.6 is 0 Å². The van der Waals surface area contributed by atoms with Gasteiger partial charge < -0.3 is 4.98 Å². The molecule has 2 bridgehead atoms. The molecule has 123 valence electrons. The zero-order valence-corrected chi connectivity index (χ0v) is 16.4. The molecule has 1 aromatic heterocycles. The van der Waals surface area contributed by atoms with Crippen molar-refractivity contribution in [2.75, 3.05) is 0 Å². The van der Waals surface area contributed by atoms with Crippen LogP contribution in [0.2, 0.25) is 0 Å². The van der Waals surface area contributed by atoms with E-state index in [1.807, 2.05) is 12.4 Å². The first-order valence-electron chi connectivity index (χ1n) is 8.41. The fourth-order valence-corrected chi connectivity index (χ4v) is 3.94. The summed E-state index contributed by atoms with van der Waals surface area (Å²) in [7, 11) is 0. The molecule has 2 aromatic rings. The Kier molecular flexibility index (Phi) is 4.46. The predicted octanol–water partition coefficient (Wildman–Crippen LogP) is 4.99. The zero-order valence-electron chi connectivity index (χ0n) is 14.0. The van der Waals surface area contributed by atoms with Gasteiger partial charge in [0.25, 0.3) is 0 Å². The van der Waals surface area contributed by atoms with E-state index in [0.29, 0.717) is 0 Å². The molecule has 3 aliphatic rings. The molecule has 23 heavy (non-hydrogen) atoms. The van der Waals surface area contributed by atoms with Gasteiger partial charge in [-0.1, -0.05) is 39.5 Å². The maximum atomic E-state index is 4.63. The van der Waals surface area contributed by atoms with Crippen molar-refractivity contribution in [1.29, 1.82) is 0 Å². The Morgan fingerprint density at radius 1 is 0.957 bits per heavy atom. The van der Waals surface area contributed by atoms with Gasteiger partial charge in [0.2, 0.25) is 0 Å². The van der Waals surface area contributed by atoms with Gasteiger partial charge in [-0.3, -0.25) is 4.98 Å². The number of hydrogen-bond acceptors (Lipinski definition) is 2. The van der Waals surface area contributed by atoms with Crippen LogP contribution in [0.1, 0.15) is 75.1 Å². The van der Waals surface area contributed by atoms with E-state index in [1.165, 1.54) is 25.7 Å². The number of hydrogen-bond donors (Lipinski definition) is 0. The first kappa shape index (κ1) is 16.8. The van der Waals surface area contributed by atoms with E-state index in [0.717, 1.165) is 28.8 Å². The molecule has 0 saturated heterocycles. The maximum Gasteiger partial charge on any atom is 0.0620 e. The number of rotatable bonds is 1. The first-order valence-corrected chi connectivity index (χ1v) is 8.41. The smallest absolute Gasteiger partial charge is 0.0620 e. The van der Waals surface area contributed by atoms with Crippen molar-refractivity contribution < 1.29 is 20.1 Å². The Morgan fingerprint density at radius 3 is 2.17 bits per heavy atom. The topological polar surface area (TPSA) is 25.8 Å². The molecule has 3 aliphatic carbocycles. The fourth-order valence-electron chi connectivity index (χ4n) is 3.94. The summed E-state index contributed by atoms with van der Waals surface area (Å²) >= 11 is 0. The molecule has 5 rings (SSSR count). The van der Waals surface area contributed by atoms with Crippen LogP contribution in [-0.2, 0) is 25.5 Å². The quantitative estimate of drug-likeness (QED) is 0.534. The molecule has 0 aliphatic heterocycles. The second-order valence-electron chi connectivity index (χ2n) is 7.84. The summed E-state index contributed by atoms with van der Waals surface area (Å²) in [4.78, 5) is 9.24. The first-order chi connectivity index (χ1) is 10.5. The second kappa shape index (κ2) is 6.11. The van der Waals surface area contributed by atoms with Crippen LogP contribution in [0.15, 0.2) is 24.5 Å². The third-order valence-corrected chi connectivity index (χ3v) is 5.32. The van der Waals surface area contributed by atoms with Crippen LogP contribution < -0.4 is 0 Å². The molecule has 0 unspecified atom stereocenters. The Hall–Kier alpha value is -1.05. The maximum absolute atomic E-state index is 4.63. The second-order valence-corrected chi connectivity index (χ2v) is 7.84. The van der Waals surface area contributed by atoms with Gasteiger partial charge in [-0.15, -0.1) is 34.9 Å². The van der Waals surface area contributed by atoms with Gasteiger partial charge in [0.05, 0.1) is 5.69 Å². The fraction of sp³-hybridized carbons (Fsp3) is 0.500. The van der Waals surface area contributed by atoms with Crippen molar-refractivity contribution in [2.24, 2.45) is 0 Å². The van der Waals surface area contributed by atoms with E-state index < -0.39 is 0 Å². The molecule has 0 spiro atoms. The molecular formula is C20H23IrN2-.